The molecule has 0 saturated carbocycles. The highest BCUT2D eigenvalue weighted by atomic mass is 32.2. The van der Waals surface area contributed by atoms with E-state index < -0.39 is 17.9 Å². The molecule has 0 aromatic rings. The average Bonchev–Trinajstić information content (AvgIpc) is 2.93. The Hall–Kier alpha value is -1.24. The van der Waals surface area contributed by atoms with E-state index in [4.69, 9.17) is 5.11 Å². The van der Waals surface area contributed by atoms with E-state index in [2.05, 4.69) is 0 Å². The van der Waals surface area contributed by atoms with Crippen molar-refractivity contribution in [2.75, 3.05) is 18.2 Å². The van der Waals surface area contributed by atoms with Gasteiger partial charge in [0, 0.05) is 24.8 Å². The van der Waals surface area contributed by atoms with Gasteiger partial charge in [0.05, 0.1) is 11.8 Å². The monoisotopic (exact) mass is 286 g/mol. The molecule has 6 nitrogen and oxygen atoms in total. The van der Waals surface area contributed by atoms with Gasteiger partial charge in [-0.15, -0.1) is 11.8 Å². The number of thioether (sulfide) groups is 1. The molecule has 2 fully saturated rings. The van der Waals surface area contributed by atoms with Crippen LogP contribution < -0.4 is 0 Å². The molecule has 1 N–H and O–H groups in total. The highest BCUT2D eigenvalue weighted by Crippen LogP contribution is 2.27. The molecular formula is C12H18N2O4S. The van der Waals surface area contributed by atoms with Crippen molar-refractivity contribution in [2.24, 2.45) is 5.92 Å². The van der Waals surface area contributed by atoms with Gasteiger partial charge in [-0.3, -0.25) is 9.59 Å². The molecular weight excluding hydrogens is 268 g/mol. The summed E-state index contributed by atoms with van der Waals surface area (Å²) in [6, 6.07) is -0.672. The summed E-state index contributed by atoms with van der Waals surface area (Å²) in [5, 5.41) is 9.08. The van der Waals surface area contributed by atoms with Gasteiger partial charge in [-0.25, -0.2) is 4.79 Å². The van der Waals surface area contributed by atoms with Gasteiger partial charge in [0.25, 0.3) is 0 Å². The summed E-state index contributed by atoms with van der Waals surface area (Å²) >= 11 is 1.44. The van der Waals surface area contributed by atoms with Crippen molar-refractivity contribution in [1.29, 1.82) is 0 Å². The molecule has 7 heteroatoms. The number of carboxylic acids is 1. The Balaban J connectivity index is 2.05. The Labute approximate surface area is 116 Å². The maximum atomic E-state index is 12.3. The van der Waals surface area contributed by atoms with Crippen LogP contribution in [0.2, 0.25) is 0 Å². The summed E-state index contributed by atoms with van der Waals surface area (Å²) in [5.74, 6) is -0.752. The first-order chi connectivity index (χ1) is 8.91. The van der Waals surface area contributed by atoms with E-state index >= 15 is 0 Å². The molecule has 2 atom stereocenters. The lowest BCUT2D eigenvalue weighted by Gasteiger charge is -2.24. The molecule has 2 amide bonds. The largest absolute Gasteiger partial charge is 0.480 e. The third-order valence-corrected chi connectivity index (χ3v) is 4.59. The summed E-state index contributed by atoms with van der Waals surface area (Å²) in [4.78, 5) is 38.3. The SMILES string of the molecule is CC(C)N1CC(C(=O)N2CSCC2C(=O)O)CC1=O. The molecule has 0 radical (unpaired) electrons. The van der Waals surface area contributed by atoms with Crippen LogP contribution in [-0.4, -0.2) is 62.9 Å². The second-order valence-corrected chi connectivity index (χ2v) is 6.20. The van der Waals surface area contributed by atoms with E-state index in [-0.39, 0.29) is 24.3 Å². The van der Waals surface area contributed by atoms with E-state index in [0.717, 1.165) is 0 Å². The Morgan fingerprint density at radius 1 is 1.42 bits per heavy atom. The van der Waals surface area contributed by atoms with Crippen LogP contribution in [0.5, 0.6) is 0 Å². The van der Waals surface area contributed by atoms with E-state index in [1.807, 2.05) is 13.8 Å². The fourth-order valence-electron chi connectivity index (χ4n) is 2.49. The maximum Gasteiger partial charge on any atom is 0.327 e. The summed E-state index contributed by atoms with van der Waals surface area (Å²) < 4.78 is 0. The number of nitrogens with zero attached hydrogens (tertiary/aromatic N) is 2. The first kappa shape index (κ1) is 14.2. The minimum Gasteiger partial charge on any atom is -0.480 e. The van der Waals surface area contributed by atoms with Gasteiger partial charge in [0.1, 0.15) is 6.04 Å². The molecule has 2 heterocycles. The first-order valence-electron chi connectivity index (χ1n) is 6.32. The van der Waals surface area contributed by atoms with Crippen molar-refractivity contribution in [3.8, 4) is 0 Å². The number of hydrogen-bond donors (Lipinski definition) is 1. The van der Waals surface area contributed by atoms with Crippen LogP contribution in [0.25, 0.3) is 0 Å². The normalized spacial score (nSPS) is 27.4. The minimum absolute atomic E-state index is 0.0212. The zero-order valence-corrected chi connectivity index (χ0v) is 11.9. The highest BCUT2D eigenvalue weighted by Gasteiger charge is 2.42. The summed E-state index contributed by atoms with van der Waals surface area (Å²) in [6.07, 6.45) is 0.199. The number of carbonyl (C=O) groups is 3. The van der Waals surface area contributed by atoms with Crippen LogP contribution in [0, 0.1) is 5.92 Å². The molecule has 0 aromatic carbocycles. The predicted molar refractivity (Wildman–Crippen MR) is 70.6 cm³/mol. The lowest BCUT2D eigenvalue weighted by molar-refractivity contribution is -0.149. The van der Waals surface area contributed by atoms with Crippen molar-refractivity contribution in [3.63, 3.8) is 0 Å². The van der Waals surface area contributed by atoms with Gasteiger partial charge < -0.3 is 14.9 Å². The molecule has 0 aliphatic carbocycles. The van der Waals surface area contributed by atoms with E-state index in [1.54, 1.807) is 4.90 Å². The van der Waals surface area contributed by atoms with Crippen molar-refractivity contribution in [3.05, 3.63) is 0 Å². The third kappa shape index (κ3) is 2.70. The van der Waals surface area contributed by atoms with E-state index in [0.29, 0.717) is 18.2 Å². The maximum absolute atomic E-state index is 12.3. The van der Waals surface area contributed by atoms with Crippen LogP contribution >= 0.6 is 11.8 Å². The lowest BCUT2D eigenvalue weighted by Crippen LogP contribution is -2.45. The van der Waals surface area contributed by atoms with Crippen molar-refractivity contribution >= 4 is 29.5 Å². The molecule has 0 bridgehead atoms. The molecule has 0 aromatic heterocycles. The van der Waals surface area contributed by atoms with Gasteiger partial charge in [-0.1, -0.05) is 0 Å². The van der Waals surface area contributed by atoms with E-state index in [9.17, 15) is 14.4 Å². The number of hydrogen-bond acceptors (Lipinski definition) is 4. The second kappa shape index (κ2) is 5.40. The topological polar surface area (TPSA) is 77.9 Å². The van der Waals surface area contributed by atoms with Crippen molar-refractivity contribution in [1.82, 2.24) is 9.80 Å². The Morgan fingerprint density at radius 3 is 2.63 bits per heavy atom. The zero-order valence-electron chi connectivity index (χ0n) is 11.0. The van der Waals surface area contributed by atoms with Crippen LogP contribution in [-0.2, 0) is 14.4 Å². The number of aliphatic carboxylic acids is 1. The summed E-state index contributed by atoms with van der Waals surface area (Å²) in [7, 11) is 0. The van der Waals surface area contributed by atoms with Gasteiger partial charge in [-0.2, -0.15) is 0 Å². The highest BCUT2D eigenvalue weighted by molar-refractivity contribution is 7.99. The predicted octanol–water partition coefficient (Wildman–Crippen LogP) is 0.229. The molecule has 19 heavy (non-hydrogen) atoms. The first-order valence-corrected chi connectivity index (χ1v) is 7.47. The molecule has 106 valence electrons. The molecule has 2 aliphatic rings. The Morgan fingerprint density at radius 2 is 2.11 bits per heavy atom. The number of amides is 2. The fraction of sp³-hybridized carbons (Fsp3) is 0.750. The molecule has 0 spiro atoms. The standard InChI is InChI=1S/C12H18N2O4S/c1-7(2)13-4-8(3-10(13)15)11(16)14-6-19-5-9(14)12(17)18/h7-9H,3-6H2,1-2H3,(H,17,18). The minimum atomic E-state index is -0.969. The molecule has 2 aliphatic heterocycles. The van der Waals surface area contributed by atoms with Crippen LogP contribution in [0.1, 0.15) is 20.3 Å². The Kier molecular flexibility index (Phi) is 4.03. The zero-order chi connectivity index (χ0) is 14.2. The number of rotatable bonds is 3. The molecule has 2 rings (SSSR count). The van der Waals surface area contributed by atoms with Crippen molar-refractivity contribution in [2.45, 2.75) is 32.4 Å². The third-order valence-electron chi connectivity index (χ3n) is 3.58. The summed E-state index contributed by atoms with van der Waals surface area (Å²) in [5.41, 5.74) is 0. The van der Waals surface area contributed by atoms with Gasteiger partial charge >= 0.3 is 5.97 Å². The second-order valence-electron chi connectivity index (χ2n) is 5.20. The number of likely N-dealkylation sites (tertiary alicyclic amines) is 1. The quantitative estimate of drug-likeness (QED) is 0.803. The van der Waals surface area contributed by atoms with Crippen LogP contribution in [0.15, 0.2) is 0 Å². The molecule has 2 unspecified atom stereocenters. The molecule has 2 saturated heterocycles. The van der Waals surface area contributed by atoms with Crippen LogP contribution in [0.4, 0.5) is 0 Å². The smallest absolute Gasteiger partial charge is 0.327 e. The van der Waals surface area contributed by atoms with Gasteiger partial charge in [0.2, 0.25) is 11.8 Å². The lowest BCUT2D eigenvalue weighted by atomic mass is 10.1. The summed E-state index contributed by atoms with van der Waals surface area (Å²) in [6.45, 7) is 4.23. The Bertz CT molecular complexity index is 413. The number of carbonyl (C=O) groups excluding carboxylic acids is 2. The van der Waals surface area contributed by atoms with Gasteiger partial charge in [-0.05, 0) is 13.8 Å². The van der Waals surface area contributed by atoms with Gasteiger partial charge in [0.15, 0.2) is 0 Å². The average molecular weight is 286 g/mol. The van der Waals surface area contributed by atoms with Crippen molar-refractivity contribution < 1.29 is 19.5 Å². The van der Waals surface area contributed by atoms with Crippen LogP contribution in [0.3, 0.4) is 0 Å². The van der Waals surface area contributed by atoms with E-state index in [1.165, 1.54) is 16.7 Å². The fourth-order valence-corrected chi connectivity index (χ4v) is 3.65. The number of carboxylic acid groups (broad SMARTS) is 1.